The summed E-state index contributed by atoms with van der Waals surface area (Å²) < 4.78 is 26.1. The Morgan fingerprint density at radius 2 is 2.12 bits per heavy atom. The second-order valence-electron chi connectivity index (χ2n) is 3.79. The summed E-state index contributed by atoms with van der Waals surface area (Å²) in [4.78, 5) is 6.39. The third kappa shape index (κ3) is 3.05. The number of sulfonamides is 1. The quantitative estimate of drug-likeness (QED) is 0.748. The Labute approximate surface area is 102 Å². The van der Waals surface area contributed by atoms with E-state index < -0.39 is 10.0 Å². The van der Waals surface area contributed by atoms with Crippen LogP contribution in [-0.4, -0.2) is 41.8 Å². The van der Waals surface area contributed by atoms with Crippen molar-refractivity contribution in [2.45, 2.75) is 37.8 Å². The van der Waals surface area contributed by atoms with E-state index in [1.807, 2.05) is 13.8 Å². The van der Waals surface area contributed by atoms with Crippen LogP contribution in [0, 0.1) is 0 Å². The number of nitrogens with zero attached hydrogens (tertiary/aromatic N) is 2. The van der Waals surface area contributed by atoms with Gasteiger partial charge in [-0.2, -0.15) is 4.31 Å². The third-order valence-corrected chi connectivity index (χ3v) is 4.64. The predicted molar refractivity (Wildman–Crippen MR) is 65.9 cm³/mol. The standard InChI is InChI=1S/C10H20N4O2S/c1-3-9(4-2)14(6-5-11)17(15,16)10-7-12-8-13-10/h7-9H,3-6,11H2,1-2H3,(H,12,13). The van der Waals surface area contributed by atoms with Gasteiger partial charge in [0.25, 0.3) is 10.0 Å². The molecule has 98 valence electrons. The molecule has 0 bridgehead atoms. The van der Waals surface area contributed by atoms with Crippen LogP contribution in [0.5, 0.6) is 0 Å². The Kier molecular flexibility index (Phi) is 5.10. The van der Waals surface area contributed by atoms with Gasteiger partial charge in [0.2, 0.25) is 0 Å². The van der Waals surface area contributed by atoms with E-state index in [2.05, 4.69) is 9.97 Å². The summed E-state index contributed by atoms with van der Waals surface area (Å²) in [5, 5.41) is 0.123. The first-order valence-electron chi connectivity index (χ1n) is 5.78. The molecule has 0 unspecified atom stereocenters. The van der Waals surface area contributed by atoms with E-state index in [-0.39, 0.29) is 11.1 Å². The van der Waals surface area contributed by atoms with Gasteiger partial charge in [-0.05, 0) is 12.8 Å². The molecule has 3 N–H and O–H groups in total. The number of H-pyrrole nitrogens is 1. The summed E-state index contributed by atoms with van der Waals surface area (Å²) in [5.74, 6) is 0. The lowest BCUT2D eigenvalue weighted by atomic mass is 10.2. The van der Waals surface area contributed by atoms with Crippen molar-refractivity contribution in [1.29, 1.82) is 0 Å². The average Bonchev–Trinajstić information content (AvgIpc) is 2.83. The molecule has 0 aromatic carbocycles. The van der Waals surface area contributed by atoms with Crippen molar-refractivity contribution in [2.24, 2.45) is 5.73 Å². The highest BCUT2D eigenvalue weighted by Gasteiger charge is 2.29. The molecular formula is C10H20N4O2S. The van der Waals surface area contributed by atoms with Gasteiger partial charge in [-0.3, -0.25) is 0 Å². The number of nitrogens with two attached hydrogens (primary N) is 1. The van der Waals surface area contributed by atoms with Crippen LogP contribution in [0.1, 0.15) is 26.7 Å². The molecule has 0 aliphatic carbocycles. The van der Waals surface area contributed by atoms with Gasteiger partial charge in [0, 0.05) is 19.1 Å². The Balaban J connectivity index is 3.06. The highest BCUT2D eigenvalue weighted by Crippen LogP contribution is 2.18. The number of nitrogens with one attached hydrogen (secondary N) is 1. The summed E-state index contributed by atoms with van der Waals surface area (Å²) in [5.41, 5.74) is 5.49. The zero-order valence-electron chi connectivity index (χ0n) is 10.3. The van der Waals surface area contributed by atoms with Crippen molar-refractivity contribution >= 4 is 10.0 Å². The van der Waals surface area contributed by atoms with E-state index in [0.29, 0.717) is 13.1 Å². The normalized spacial score (nSPS) is 12.5. The molecule has 1 aromatic heterocycles. The van der Waals surface area contributed by atoms with Crippen LogP contribution in [-0.2, 0) is 10.0 Å². The van der Waals surface area contributed by atoms with Crippen LogP contribution in [0.3, 0.4) is 0 Å². The fourth-order valence-corrected chi connectivity index (χ4v) is 3.52. The van der Waals surface area contributed by atoms with Gasteiger partial charge in [-0.1, -0.05) is 13.8 Å². The molecule has 0 radical (unpaired) electrons. The lowest BCUT2D eigenvalue weighted by molar-refractivity contribution is 0.308. The third-order valence-electron chi connectivity index (χ3n) is 2.76. The zero-order valence-corrected chi connectivity index (χ0v) is 11.1. The van der Waals surface area contributed by atoms with Gasteiger partial charge < -0.3 is 10.7 Å². The Bertz CT molecular complexity index is 412. The molecule has 1 heterocycles. The minimum absolute atomic E-state index is 0.0214. The van der Waals surface area contributed by atoms with Gasteiger partial charge >= 0.3 is 0 Å². The number of imidazole rings is 1. The number of aromatic amines is 1. The maximum absolute atomic E-state index is 12.3. The highest BCUT2D eigenvalue weighted by molar-refractivity contribution is 7.89. The molecule has 0 spiro atoms. The van der Waals surface area contributed by atoms with Crippen molar-refractivity contribution in [3.63, 3.8) is 0 Å². The van der Waals surface area contributed by atoms with Crippen molar-refractivity contribution in [2.75, 3.05) is 13.1 Å². The van der Waals surface area contributed by atoms with Crippen LogP contribution >= 0.6 is 0 Å². The van der Waals surface area contributed by atoms with Gasteiger partial charge in [0.1, 0.15) is 0 Å². The molecule has 0 fully saturated rings. The summed E-state index contributed by atoms with van der Waals surface area (Å²) in [6, 6.07) is -0.0214. The fourth-order valence-electron chi connectivity index (χ4n) is 1.83. The van der Waals surface area contributed by atoms with Crippen LogP contribution in [0.4, 0.5) is 0 Å². The first kappa shape index (κ1) is 14.1. The maximum atomic E-state index is 12.3. The van der Waals surface area contributed by atoms with Crippen LogP contribution in [0.2, 0.25) is 0 Å². The molecule has 1 aromatic rings. The summed E-state index contributed by atoms with van der Waals surface area (Å²) in [7, 11) is -3.51. The van der Waals surface area contributed by atoms with E-state index in [4.69, 9.17) is 5.73 Å². The maximum Gasteiger partial charge on any atom is 0.260 e. The lowest BCUT2D eigenvalue weighted by Crippen LogP contribution is -2.42. The molecule has 6 nitrogen and oxygen atoms in total. The zero-order chi connectivity index (χ0) is 12.9. The molecule has 17 heavy (non-hydrogen) atoms. The monoisotopic (exact) mass is 260 g/mol. The second kappa shape index (κ2) is 6.13. The van der Waals surface area contributed by atoms with Gasteiger partial charge in [-0.25, -0.2) is 13.4 Å². The van der Waals surface area contributed by atoms with Crippen molar-refractivity contribution in [3.8, 4) is 0 Å². The number of hydrogen-bond donors (Lipinski definition) is 2. The summed E-state index contributed by atoms with van der Waals surface area (Å²) in [6.45, 7) is 4.58. The molecule has 0 saturated heterocycles. The van der Waals surface area contributed by atoms with Crippen molar-refractivity contribution < 1.29 is 8.42 Å². The van der Waals surface area contributed by atoms with E-state index in [1.165, 1.54) is 16.8 Å². The number of aromatic nitrogens is 2. The van der Waals surface area contributed by atoms with Gasteiger partial charge in [0.05, 0.1) is 12.5 Å². The van der Waals surface area contributed by atoms with Crippen molar-refractivity contribution in [1.82, 2.24) is 14.3 Å². The first-order valence-corrected chi connectivity index (χ1v) is 7.22. The van der Waals surface area contributed by atoms with E-state index in [1.54, 1.807) is 0 Å². The molecular weight excluding hydrogens is 240 g/mol. The smallest absolute Gasteiger partial charge is 0.260 e. The van der Waals surface area contributed by atoms with Crippen molar-refractivity contribution in [3.05, 3.63) is 12.5 Å². The molecule has 0 aliphatic rings. The highest BCUT2D eigenvalue weighted by atomic mass is 32.2. The Morgan fingerprint density at radius 1 is 1.47 bits per heavy atom. The first-order chi connectivity index (χ1) is 8.07. The number of rotatable bonds is 7. The largest absolute Gasteiger partial charge is 0.335 e. The molecule has 7 heteroatoms. The Hall–Kier alpha value is -0.920. The SMILES string of the molecule is CCC(CC)N(CCN)S(=O)(=O)c1cnc[nH]1. The van der Waals surface area contributed by atoms with E-state index >= 15 is 0 Å². The minimum atomic E-state index is -3.51. The van der Waals surface area contributed by atoms with E-state index in [0.717, 1.165) is 12.8 Å². The molecule has 0 aliphatic heterocycles. The van der Waals surface area contributed by atoms with E-state index in [9.17, 15) is 8.42 Å². The fraction of sp³-hybridized carbons (Fsp3) is 0.700. The second-order valence-corrected chi connectivity index (χ2v) is 5.65. The topological polar surface area (TPSA) is 92.1 Å². The van der Waals surface area contributed by atoms with Gasteiger partial charge in [-0.15, -0.1) is 0 Å². The van der Waals surface area contributed by atoms with Crippen LogP contribution in [0.15, 0.2) is 17.6 Å². The molecule has 0 amide bonds. The lowest BCUT2D eigenvalue weighted by Gasteiger charge is -2.28. The van der Waals surface area contributed by atoms with Crippen LogP contribution in [0.25, 0.3) is 0 Å². The number of hydrogen-bond acceptors (Lipinski definition) is 4. The average molecular weight is 260 g/mol. The molecule has 0 saturated carbocycles. The minimum Gasteiger partial charge on any atom is -0.335 e. The Morgan fingerprint density at radius 3 is 2.53 bits per heavy atom. The van der Waals surface area contributed by atoms with Gasteiger partial charge in [0.15, 0.2) is 5.03 Å². The molecule has 1 rings (SSSR count). The predicted octanol–water partition coefficient (Wildman–Crippen LogP) is 0.548. The van der Waals surface area contributed by atoms with Crippen LogP contribution < -0.4 is 5.73 Å². The molecule has 0 atom stereocenters. The summed E-state index contributed by atoms with van der Waals surface area (Å²) in [6.07, 6.45) is 4.22. The summed E-state index contributed by atoms with van der Waals surface area (Å²) >= 11 is 0.